The summed E-state index contributed by atoms with van der Waals surface area (Å²) in [6, 6.07) is 0. The Labute approximate surface area is 83.5 Å². The molecule has 1 rings (SSSR count). The number of rotatable bonds is 2. The van der Waals surface area contributed by atoms with Crippen molar-refractivity contribution in [1.29, 1.82) is 0 Å². The second-order valence-electron chi connectivity index (χ2n) is 5.35. The van der Waals surface area contributed by atoms with E-state index in [4.69, 9.17) is 0 Å². The van der Waals surface area contributed by atoms with Crippen molar-refractivity contribution in [3.05, 3.63) is 0 Å². The van der Waals surface area contributed by atoms with Crippen LogP contribution in [0, 0.1) is 17.3 Å². The van der Waals surface area contributed by atoms with Crippen molar-refractivity contribution in [2.24, 2.45) is 17.3 Å². The first-order valence-corrected chi connectivity index (χ1v) is 5.67. The third kappa shape index (κ3) is 2.07. The topological polar surface area (TPSA) is 3.24 Å². The van der Waals surface area contributed by atoms with Crippen LogP contribution in [-0.2, 0) is 0 Å². The van der Waals surface area contributed by atoms with Gasteiger partial charge in [0.2, 0.25) is 0 Å². The van der Waals surface area contributed by atoms with Gasteiger partial charge in [-0.25, -0.2) is 0 Å². The summed E-state index contributed by atoms with van der Waals surface area (Å²) in [4.78, 5) is 2.46. The fourth-order valence-corrected chi connectivity index (χ4v) is 2.86. The van der Waals surface area contributed by atoms with Gasteiger partial charge in [0.25, 0.3) is 0 Å². The molecule has 0 bridgehead atoms. The Kier molecular flexibility index (Phi) is 3.39. The molecule has 0 N–H and O–H groups in total. The summed E-state index contributed by atoms with van der Waals surface area (Å²) < 4.78 is 0. The number of hydrogen-bond donors (Lipinski definition) is 0. The molecule has 0 aromatic heterocycles. The Morgan fingerprint density at radius 2 is 1.31 bits per heavy atom. The standard InChI is InChI=1S/C12H25N/c1-10(2)12(11(3)4)6-8-13(5)9-7-12/h10-11H,6-9H2,1-5H3. The van der Waals surface area contributed by atoms with Crippen LogP contribution in [0.2, 0.25) is 0 Å². The third-order valence-corrected chi connectivity index (χ3v) is 4.22. The van der Waals surface area contributed by atoms with E-state index in [0.717, 1.165) is 11.8 Å². The fraction of sp³-hybridized carbons (Fsp3) is 1.00. The van der Waals surface area contributed by atoms with Gasteiger partial charge in [0.15, 0.2) is 0 Å². The molecule has 1 fully saturated rings. The maximum absolute atomic E-state index is 2.46. The quantitative estimate of drug-likeness (QED) is 0.636. The zero-order valence-electron chi connectivity index (χ0n) is 9.93. The first kappa shape index (κ1) is 11.0. The van der Waals surface area contributed by atoms with E-state index in [9.17, 15) is 0 Å². The van der Waals surface area contributed by atoms with E-state index in [1.807, 2.05) is 0 Å². The van der Waals surface area contributed by atoms with E-state index in [0.29, 0.717) is 5.41 Å². The molecule has 1 aliphatic rings. The summed E-state index contributed by atoms with van der Waals surface area (Å²) in [5.41, 5.74) is 0.618. The molecule has 1 aliphatic heterocycles. The maximum Gasteiger partial charge on any atom is -0.00163 e. The first-order valence-electron chi connectivity index (χ1n) is 5.67. The van der Waals surface area contributed by atoms with Crippen LogP contribution < -0.4 is 0 Å². The summed E-state index contributed by atoms with van der Waals surface area (Å²) >= 11 is 0. The summed E-state index contributed by atoms with van der Waals surface area (Å²) in [6.07, 6.45) is 2.78. The lowest BCUT2D eigenvalue weighted by atomic mass is 9.63. The van der Waals surface area contributed by atoms with Crippen LogP contribution in [0.25, 0.3) is 0 Å². The van der Waals surface area contributed by atoms with Crippen molar-refractivity contribution in [2.45, 2.75) is 40.5 Å². The largest absolute Gasteiger partial charge is 0.306 e. The molecule has 0 aromatic carbocycles. The number of likely N-dealkylation sites (tertiary alicyclic amines) is 1. The van der Waals surface area contributed by atoms with Crippen molar-refractivity contribution in [1.82, 2.24) is 4.90 Å². The normalized spacial score (nSPS) is 24.2. The molecule has 0 aliphatic carbocycles. The zero-order chi connectivity index (χ0) is 10.1. The molecule has 78 valence electrons. The van der Waals surface area contributed by atoms with Gasteiger partial charge >= 0.3 is 0 Å². The van der Waals surface area contributed by atoms with Gasteiger partial charge in [-0.1, -0.05) is 27.7 Å². The van der Waals surface area contributed by atoms with Crippen LogP contribution in [0.5, 0.6) is 0 Å². The lowest BCUT2D eigenvalue weighted by Crippen LogP contribution is -2.44. The molecule has 0 amide bonds. The predicted molar refractivity (Wildman–Crippen MR) is 58.8 cm³/mol. The highest BCUT2D eigenvalue weighted by Gasteiger charge is 2.38. The van der Waals surface area contributed by atoms with E-state index in [1.54, 1.807) is 0 Å². The first-order chi connectivity index (χ1) is 5.99. The van der Waals surface area contributed by atoms with Crippen LogP contribution in [0.1, 0.15) is 40.5 Å². The van der Waals surface area contributed by atoms with E-state index >= 15 is 0 Å². The Balaban J connectivity index is 2.69. The van der Waals surface area contributed by atoms with E-state index in [2.05, 4.69) is 39.6 Å². The maximum atomic E-state index is 2.46. The minimum Gasteiger partial charge on any atom is -0.306 e. The minimum atomic E-state index is 0.618. The van der Waals surface area contributed by atoms with Crippen LogP contribution in [0.15, 0.2) is 0 Å². The van der Waals surface area contributed by atoms with Gasteiger partial charge in [-0.05, 0) is 50.2 Å². The average molecular weight is 183 g/mol. The van der Waals surface area contributed by atoms with Crippen molar-refractivity contribution in [3.8, 4) is 0 Å². The number of nitrogens with zero attached hydrogens (tertiary/aromatic N) is 1. The van der Waals surface area contributed by atoms with E-state index in [-0.39, 0.29) is 0 Å². The molecule has 0 spiro atoms. The Morgan fingerprint density at radius 1 is 0.923 bits per heavy atom. The van der Waals surface area contributed by atoms with Crippen molar-refractivity contribution >= 4 is 0 Å². The monoisotopic (exact) mass is 183 g/mol. The van der Waals surface area contributed by atoms with Crippen LogP contribution in [-0.4, -0.2) is 25.0 Å². The van der Waals surface area contributed by atoms with Crippen LogP contribution >= 0.6 is 0 Å². The molecule has 0 unspecified atom stereocenters. The second kappa shape index (κ2) is 4.00. The average Bonchev–Trinajstić information content (AvgIpc) is 2.04. The zero-order valence-corrected chi connectivity index (χ0v) is 9.93. The smallest absolute Gasteiger partial charge is 0.00163 e. The number of piperidine rings is 1. The van der Waals surface area contributed by atoms with Gasteiger partial charge < -0.3 is 4.90 Å². The Morgan fingerprint density at radius 3 is 1.62 bits per heavy atom. The molecule has 1 heterocycles. The van der Waals surface area contributed by atoms with Gasteiger partial charge in [-0.3, -0.25) is 0 Å². The molecule has 13 heavy (non-hydrogen) atoms. The summed E-state index contributed by atoms with van der Waals surface area (Å²) in [5, 5.41) is 0. The van der Waals surface area contributed by atoms with Crippen molar-refractivity contribution < 1.29 is 0 Å². The van der Waals surface area contributed by atoms with Crippen molar-refractivity contribution in [3.63, 3.8) is 0 Å². The Bertz CT molecular complexity index is 143. The molecule has 0 saturated carbocycles. The van der Waals surface area contributed by atoms with Gasteiger partial charge in [-0.2, -0.15) is 0 Å². The van der Waals surface area contributed by atoms with E-state index in [1.165, 1.54) is 25.9 Å². The summed E-state index contributed by atoms with van der Waals surface area (Å²) in [7, 11) is 2.24. The summed E-state index contributed by atoms with van der Waals surface area (Å²) in [6.45, 7) is 12.2. The summed E-state index contributed by atoms with van der Waals surface area (Å²) in [5.74, 6) is 1.67. The van der Waals surface area contributed by atoms with Crippen molar-refractivity contribution in [2.75, 3.05) is 20.1 Å². The SMILES string of the molecule is CC(C)C1(C(C)C)CCN(C)CC1. The van der Waals surface area contributed by atoms with Crippen LogP contribution in [0.4, 0.5) is 0 Å². The molecule has 0 radical (unpaired) electrons. The lowest BCUT2D eigenvalue weighted by molar-refractivity contribution is 0.0282. The molecule has 1 nitrogen and oxygen atoms in total. The van der Waals surface area contributed by atoms with Gasteiger partial charge in [0.1, 0.15) is 0 Å². The van der Waals surface area contributed by atoms with E-state index < -0.39 is 0 Å². The third-order valence-electron chi connectivity index (χ3n) is 4.22. The highest BCUT2D eigenvalue weighted by molar-refractivity contribution is 4.89. The molecule has 0 atom stereocenters. The highest BCUT2D eigenvalue weighted by atomic mass is 15.1. The van der Waals surface area contributed by atoms with Crippen LogP contribution in [0.3, 0.4) is 0 Å². The van der Waals surface area contributed by atoms with Gasteiger partial charge in [0, 0.05) is 0 Å². The molecule has 1 saturated heterocycles. The molecule has 1 heteroatoms. The fourth-order valence-electron chi connectivity index (χ4n) is 2.86. The van der Waals surface area contributed by atoms with Gasteiger partial charge in [-0.15, -0.1) is 0 Å². The number of hydrogen-bond acceptors (Lipinski definition) is 1. The lowest BCUT2D eigenvalue weighted by Gasteiger charge is -2.47. The molecular weight excluding hydrogens is 158 g/mol. The highest BCUT2D eigenvalue weighted by Crippen LogP contribution is 2.44. The molecular formula is C12H25N. The molecule has 0 aromatic rings. The van der Waals surface area contributed by atoms with Gasteiger partial charge in [0.05, 0.1) is 0 Å². The predicted octanol–water partition coefficient (Wildman–Crippen LogP) is 3.01. The second-order valence-corrected chi connectivity index (χ2v) is 5.35. The minimum absolute atomic E-state index is 0.618. The Hall–Kier alpha value is -0.0400.